The number of hydrogen-bond acceptors (Lipinski definition) is 8. The molecule has 0 N–H and O–H groups in total. The zero-order valence-electron chi connectivity index (χ0n) is 18.4. The lowest BCUT2D eigenvalue weighted by molar-refractivity contribution is 0.118. The molecule has 1 aliphatic heterocycles. The largest absolute Gasteiger partial charge is 0.496 e. The first-order chi connectivity index (χ1) is 15.4. The Balaban J connectivity index is 1.34. The molecule has 10 heteroatoms. The average Bonchev–Trinajstić information content (AvgIpc) is 3.21. The molecule has 0 saturated carbocycles. The van der Waals surface area contributed by atoms with E-state index in [-0.39, 0.29) is 10.8 Å². The highest BCUT2D eigenvalue weighted by atomic mass is 32.2. The number of tetrazole rings is 1. The van der Waals surface area contributed by atoms with E-state index in [0.717, 1.165) is 44.0 Å². The molecule has 1 aromatic heterocycles. The molecule has 32 heavy (non-hydrogen) atoms. The van der Waals surface area contributed by atoms with Crippen molar-refractivity contribution in [2.75, 3.05) is 33.3 Å². The Bertz CT molecular complexity index is 1140. The SMILES string of the molecule is COc1ccccc1CN1CCN(Cc2nnnn2CS(=O)(=O)c2ccc(C)cc2)CC1. The summed E-state index contributed by atoms with van der Waals surface area (Å²) in [5, 5.41) is 11.7. The molecule has 4 rings (SSSR count). The fourth-order valence-electron chi connectivity index (χ4n) is 3.80. The van der Waals surface area contributed by atoms with Gasteiger partial charge in [-0.1, -0.05) is 35.9 Å². The highest BCUT2D eigenvalue weighted by Crippen LogP contribution is 2.20. The molecule has 0 amide bonds. The van der Waals surface area contributed by atoms with E-state index in [1.807, 2.05) is 25.1 Å². The number of sulfone groups is 1. The predicted octanol–water partition coefficient (Wildman–Crippen LogP) is 1.74. The second-order valence-electron chi connectivity index (χ2n) is 8.02. The van der Waals surface area contributed by atoms with Crippen LogP contribution >= 0.6 is 0 Å². The lowest BCUT2D eigenvalue weighted by Crippen LogP contribution is -2.45. The zero-order valence-corrected chi connectivity index (χ0v) is 19.2. The number of ether oxygens (including phenoxy) is 1. The summed E-state index contributed by atoms with van der Waals surface area (Å²) >= 11 is 0. The summed E-state index contributed by atoms with van der Waals surface area (Å²) in [5.74, 6) is 1.19. The van der Waals surface area contributed by atoms with Crippen molar-refractivity contribution < 1.29 is 13.2 Å². The number of nitrogens with zero attached hydrogens (tertiary/aromatic N) is 6. The van der Waals surface area contributed by atoms with Gasteiger partial charge in [0.15, 0.2) is 21.5 Å². The first-order valence-corrected chi connectivity index (χ1v) is 12.2. The van der Waals surface area contributed by atoms with Crippen molar-refractivity contribution >= 4 is 9.84 Å². The minimum absolute atomic E-state index is 0.272. The molecule has 170 valence electrons. The van der Waals surface area contributed by atoms with Crippen LogP contribution in [0.1, 0.15) is 17.0 Å². The van der Waals surface area contributed by atoms with Crippen molar-refractivity contribution in [3.63, 3.8) is 0 Å². The van der Waals surface area contributed by atoms with Gasteiger partial charge in [0.1, 0.15) is 5.75 Å². The minimum atomic E-state index is -3.53. The maximum atomic E-state index is 12.8. The number of aryl methyl sites for hydroxylation is 1. The number of aromatic nitrogens is 4. The van der Waals surface area contributed by atoms with Gasteiger partial charge < -0.3 is 4.74 Å². The Morgan fingerprint density at radius 1 is 0.938 bits per heavy atom. The minimum Gasteiger partial charge on any atom is -0.496 e. The van der Waals surface area contributed by atoms with Crippen LogP contribution in [0.25, 0.3) is 0 Å². The fourth-order valence-corrected chi connectivity index (χ4v) is 5.02. The highest BCUT2D eigenvalue weighted by molar-refractivity contribution is 7.90. The topological polar surface area (TPSA) is 93.4 Å². The van der Waals surface area contributed by atoms with Gasteiger partial charge in [0.25, 0.3) is 0 Å². The van der Waals surface area contributed by atoms with Crippen molar-refractivity contribution in [3.05, 3.63) is 65.5 Å². The number of benzene rings is 2. The second kappa shape index (κ2) is 9.76. The van der Waals surface area contributed by atoms with Gasteiger partial charge in [0, 0.05) is 38.3 Å². The van der Waals surface area contributed by atoms with Crippen LogP contribution in [0.3, 0.4) is 0 Å². The predicted molar refractivity (Wildman–Crippen MR) is 120 cm³/mol. The number of piperazine rings is 1. The van der Waals surface area contributed by atoms with Gasteiger partial charge in [-0.15, -0.1) is 5.10 Å². The lowest BCUT2D eigenvalue weighted by atomic mass is 10.1. The Morgan fingerprint density at radius 3 is 2.28 bits per heavy atom. The summed E-state index contributed by atoms with van der Waals surface area (Å²) in [4.78, 5) is 4.91. The van der Waals surface area contributed by atoms with Gasteiger partial charge in [0.05, 0.1) is 18.6 Å². The zero-order chi connectivity index (χ0) is 22.6. The van der Waals surface area contributed by atoms with Crippen LogP contribution in [0.15, 0.2) is 53.4 Å². The maximum Gasteiger partial charge on any atom is 0.198 e. The number of hydrogen-bond donors (Lipinski definition) is 0. The molecule has 2 heterocycles. The van der Waals surface area contributed by atoms with Crippen LogP contribution in [-0.2, 0) is 28.8 Å². The monoisotopic (exact) mass is 456 g/mol. The molecule has 1 fully saturated rings. The Hall–Kier alpha value is -2.82. The normalized spacial score (nSPS) is 15.7. The fraction of sp³-hybridized carbons (Fsp3) is 0.409. The first kappa shape index (κ1) is 22.4. The smallest absolute Gasteiger partial charge is 0.198 e. The third-order valence-electron chi connectivity index (χ3n) is 5.69. The van der Waals surface area contributed by atoms with Gasteiger partial charge in [-0.3, -0.25) is 9.80 Å². The van der Waals surface area contributed by atoms with Crippen molar-refractivity contribution in [1.82, 2.24) is 30.0 Å². The van der Waals surface area contributed by atoms with E-state index >= 15 is 0 Å². The van der Waals surface area contributed by atoms with E-state index in [0.29, 0.717) is 12.4 Å². The van der Waals surface area contributed by atoms with Crippen molar-refractivity contribution in [3.8, 4) is 5.75 Å². The second-order valence-corrected chi connectivity index (χ2v) is 9.97. The summed E-state index contributed by atoms with van der Waals surface area (Å²) in [5.41, 5.74) is 2.19. The third-order valence-corrected chi connectivity index (χ3v) is 7.27. The third kappa shape index (κ3) is 5.32. The molecule has 0 spiro atoms. The van der Waals surface area contributed by atoms with E-state index in [1.54, 1.807) is 31.4 Å². The molecule has 1 saturated heterocycles. The van der Waals surface area contributed by atoms with E-state index in [2.05, 4.69) is 31.4 Å². The molecule has 0 unspecified atom stereocenters. The van der Waals surface area contributed by atoms with Crippen molar-refractivity contribution in [2.45, 2.75) is 30.8 Å². The average molecular weight is 457 g/mol. The Kier molecular flexibility index (Phi) is 6.83. The molecule has 1 aliphatic rings. The molecular formula is C22H28N6O3S. The summed E-state index contributed by atoms with van der Waals surface area (Å²) < 4.78 is 32.4. The van der Waals surface area contributed by atoms with Gasteiger partial charge in [-0.25, -0.2) is 13.1 Å². The maximum absolute atomic E-state index is 12.8. The summed E-state index contributed by atoms with van der Waals surface area (Å²) in [7, 11) is -1.84. The molecule has 0 atom stereocenters. The lowest BCUT2D eigenvalue weighted by Gasteiger charge is -2.34. The van der Waals surface area contributed by atoms with Crippen LogP contribution in [0, 0.1) is 6.92 Å². The number of para-hydroxylation sites is 1. The van der Waals surface area contributed by atoms with Crippen LogP contribution in [-0.4, -0.2) is 71.7 Å². The molecule has 0 radical (unpaired) electrons. The Labute approximate surface area is 188 Å². The quantitative estimate of drug-likeness (QED) is 0.506. The van der Waals surface area contributed by atoms with Crippen molar-refractivity contribution in [2.24, 2.45) is 0 Å². The molecule has 0 bridgehead atoms. The number of rotatable bonds is 8. The van der Waals surface area contributed by atoms with Crippen LogP contribution in [0.5, 0.6) is 5.75 Å². The molecule has 2 aromatic carbocycles. The van der Waals surface area contributed by atoms with Gasteiger partial charge in [0.2, 0.25) is 0 Å². The molecule has 0 aliphatic carbocycles. The summed E-state index contributed by atoms with van der Waals surface area (Å²) in [6.45, 7) is 6.79. The van der Waals surface area contributed by atoms with Gasteiger partial charge in [-0.05, 0) is 35.5 Å². The van der Waals surface area contributed by atoms with Crippen LogP contribution in [0.4, 0.5) is 0 Å². The Morgan fingerprint density at radius 2 is 1.59 bits per heavy atom. The summed E-state index contributed by atoms with van der Waals surface area (Å²) in [6.07, 6.45) is 0. The summed E-state index contributed by atoms with van der Waals surface area (Å²) in [6, 6.07) is 14.9. The van der Waals surface area contributed by atoms with E-state index in [4.69, 9.17) is 4.74 Å². The number of methoxy groups -OCH3 is 1. The molecule has 9 nitrogen and oxygen atoms in total. The first-order valence-electron chi connectivity index (χ1n) is 10.6. The van der Waals surface area contributed by atoms with E-state index in [9.17, 15) is 8.42 Å². The molecule has 3 aromatic rings. The van der Waals surface area contributed by atoms with Crippen LogP contribution in [0.2, 0.25) is 0 Å². The van der Waals surface area contributed by atoms with Crippen molar-refractivity contribution in [1.29, 1.82) is 0 Å². The van der Waals surface area contributed by atoms with Gasteiger partial charge >= 0.3 is 0 Å². The highest BCUT2D eigenvalue weighted by Gasteiger charge is 2.23. The van der Waals surface area contributed by atoms with E-state index in [1.165, 1.54) is 10.2 Å². The van der Waals surface area contributed by atoms with E-state index < -0.39 is 9.84 Å². The van der Waals surface area contributed by atoms with Gasteiger partial charge in [-0.2, -0.15) is 0 Å². The molecular weight excluding hydrogens is 428 g/mol. The standard InChI is InChI=1S/C22H28N6O3S/c1-18-7-9-20(10-8-18)32(29,30)17-28-22(23-24-25-28)16-27-13-11-26(12-14-27)15-19-5-3-4-6-21(19)31-2/h3-10H,11-17H2,1-2H3. The van der Waals surface area contributed by atoms with Crippen LogP contribution < -0.4 is 4.74 Å².